The highest BCUT2D eigenvalue weighted by Crippen LogP contribution is 2.58. The van der Waals surface area contributed by atoms with E-state index in [1.54, 1.807) is 6.21 Å². The lowest BCUT2D eigenvalue weighted by Crippen LogP contribution is -2.48. The van der Waals surface area contributed by atoms with Gasteiger partial charge >= 0.3 is 0 Å². The quantitative estimate of drug-likeness (QED) is 0.661. The smallest absolute Gasteiger partial charge is 0.277 e. The Hall–Kier alpha value is -2.10. The summed E-state index contributed by atoms with van der Waals surface area (Å²) >= 11 is 0. The lowest BCUT2D eigenvalue weighted by Gasteiger charge is -2.55. The van der Waals surface area contributed by atoms with Crippen molar-refractivity contribution >= 4 is 12.1 Å². The van der Waals surface area contributed by atoms with Crippen molar-refractivity contribution in [2.45, 2.75) is 40.5 Å². The summed E-state index contributed by atoms with van der Waals surface area (Å²) in [6, 6.07) is 5.95. The average Bonchev–Trinajstić information content (AvgIpc) is 2.55. The molecule has 0 aliphatic heterocycles. The highest BCUT2D eigenvalue weighted by atomic mass is 16.5. The van der Waals surface area contributed by atoms with E-state index in [4.69, 9.17) is 4.74 Å². The van der Waals surface area contributed by atoms with Crippen molar-refractivity contribution in [3.05, 3.63) is 41.0 Å². The second kappa shape index (κ2) is 6.42. The Morgan fingerprint density at radius 3 is 2.92 bits per heavy atom. The highest BCUT2D eigenvalue weighted by Gasteiger charge is 2.50. The Morgan fingerprint density at radius 1 is 1.42 bits per heavy atom. The predicted molar refractivity (Wildman–Crippen MR) is 96.1 cm³/mol. The Bertz CT molecular complexity index is 704. The first kappa shape index (κ1) is 16.7. The molecule has 1 amide bonds. The van der Waals surface area contributed by atoms with E-state index in [2.05, 4.69) is 30.5 Å². The number of hydrazone groups is 1. The maximum atomic E-state index is 11.9. The lowest BCUT2D eigenvalue weighted by atomic mass is 9.49. The van der Waals surface area contributed by atoms with Gasteiger partial charge < -0.3 is 4.74 Å². The third-order valence-electron chi connectivity index (χ3n) is 5.62. The van der Waals surface area contributed by atoms with E-state index in [9.17, 15) is 4.79 Å². The van der Waals surface area contributed by atoms with E-state index in [1.807, 2.05) is 32.0 Å². The number of aryl methyl sites for hydroxylation is 2. The van der Waals surface area contributed by atoms with E-state index in [-0.39, 0.29) is 12.5 Å². The van der Waals surface area contributed by atoms with Crippen molar-refractivity contribution < 1.29 is 9.53 Å². The molecule has 2 unspecified atom stereocenters. The monoisotopic (exact) mass is 326 g/mol. The summed E-state index contributed by atoms with van der Waals surface area (Å²) in [6.07, 6.45) is 6.42. The van der Waals surface area contributed by atoms with Gasteiger partial charge in [-0.1, -0.05) is 32.1 Å². The number of ether oxygens (including phenoxy) is 1. The highest BCUT2D eigenvalue weighted by molar-refractivity contribution is 5.83. The molecule has 4 rings (SSSR count). The number of carbonyl (C=O) groups is 1. The van der Waals surface area contributed by atoms with Gasteiger partial charge in [0.2, 0.25) is 0 Å². The van der Waals surface area contributed by atoms with Gasteiger partial charge in [0, 0.05) is 0 Å². The minimum atomic E-state index is -0.241. The first-order valence-corrected chi connectivity index (χ1v) is 8.60. The molecule has 3 aliphatic rings. The van der Waals surface area contributed by atoms with Crippen LogP contribution in [0.2, 0.25) is 0 Å². The molecule has 0 heterocycles. The minimum absolute atomic E-state index is 0.0301. The van der Waals surface area contributed by atoms with Crippen molar-refractivity contribution in [1.29, 1.82) is 0 Å². The first-order valence-electron chi connectivity index (χ1n) is 8.60. The molecule has 1 N–H and O–H groups in total. The molecule has 4 heteroatoms. The maximum Gasteiger partial charge on any atom is 0.277 e. The fourth-order valence-corrected chi connectivity index (χ4v) is 3.76. The zero-order valence-corrected chi connectivity index (χ0v) is 14.9. The van der Waals surface area contributed by atoms with E-state index in [0.717, 1.165) is 29.2 Å². The van der Waals surface area contributed by atoms with Crippen LogP contribution in [0.25, 0.3) is 0 Å². The van der Waals surface area contributed by atoms with E-state index >= 15 is 0 Å². The van der Waals surface area contributed by atoms with Gasteiger partial charge in [-0.25, -0.2) is 5.43 Å². The third kappa shape index (κ3) is 3.23. The van der Waals surface area contributed by atoms with Crippen molar-refractivity contribution in [2.75, 3.05) is 6.61 Å². The van der Waals surface area contributed by atoms with Gasteiger partial charge in [0.25, 0.3) is 5.91 Å². The van der Waals surface area contributed by atoms with Crippen LogP contribution in [0.3, 0.4) is 0 Å². The van der Waals surface area contributed by atoms with Crippen LogP contribution in [-0.4, -0.2) is 18.7 Å². The Labute approximate surface area is 144 Å². The number of nitrogens with one attached hydrogen (secondary N) is 1. The molecule has 3 aliphatic carbocycles. The number of amides is 1. The molecule has 0 saturated heterocycles. The zero-order chi connectivity index (χ0) is 17.3. The number of nitrogens with zero attached hydrogens (tertiary/aromatic N) is 1. The van der Waals surface area contributed by atoms with Gasteiger partial charge in [-0.15, -0.1) is 0 Å². The molecule has 2 bridgehead atoms. The number of carbonyl (C=O) groups excluding carboxylic acids is 1. The van der Waals surface area contributed by atoms with Gasteiger partial charge in [0.05, 0.1) is 6.21 Å². The largest absolute Gasteiger partial charge is 0.483 e. The molecule has 0 radical (unpaired) electrons. The number of allylic oxidation sites excluding steroid dienone is 2. The molecule has 1 aromatic carbocycles. The molecule has 1 fully saturated rings. The molecular formula is C20H26N2O2. The number of hydrogen-bond acceptors (Lipinski definition) is 3. The van der Waals surface area contributed by atoms with Crippen LogP contribution >= 0.6 is 0 Å². The van der Waals surface area contributed by atoms with Gasteiger partial charge in [-0.2, -0.15) is 5.10 Å². The molecule has 0 spiro atoms. The SMILES string of the molecule is Cc1ccc(C)c(OCC(=O)NN=CC2=CCC3CC2C3(C)C)c1. The number of fused-ring (bicyclic) bond motifs is 1. The lowest BCUT2D eigenvalue weighted by molar-refractivity contribution is -0.123. The average molecular weight is 326 g/mol. The fraction of sp³-hybridized carbons (Fsp3) is 0.500. The van der Waals surface area contributed by atoms with Crippen LogP contribution in [0.1, 0.15) is 37.8 Å². The molecule has 1 aromatic rings. The molecule has 0 aromatic heterocycles. The summed E-state index contributed by atoms with van der Waals surface area (Å²) < 4.78 is 5.58. The number of rotatable bonds is 5. The standard InChI is InChI=1S/C20H26N2O2/c1-13-5-6-14(2)18(9-13)24-12-19(23)22-21-11-15-7-8-16-10-17(15)20(16,3)4/h5-7,9,11,16-17H,8,10,12H2,1-4H3,(H,22,23). The molecule has 4 nitrogen and oxygen atoms in total. The normalized spacial score (nSPS) is 24.2. The molecule has 2 atom stereocenters. The van der Waals surface area contributed by atoms with E-state index < -0.39 is 0 Å². The Kier molecular flexibility index (Phi) is 4.48. The van der Waals surface area contributed by atoms with Gasteiger partial charge in [-0.3, -0.25) is 4.79 Å². The third-order valence-corrected chi connectivity index (χ3v) is 5.62. The number of benzene rings is 1. The molecule has 128 valence electrons. The Balaban J connectivity index is 1.49. The van der Waals surface area contributed by atoms with Crippen LogP contribution in [0, 0.1) is 31.1 Å². The van der Waals surface area contributed by atoms with Crippen LogP contribution in [-0.2, 0) is 4.79 Å². The fourth-order valence-electron chi connectivity index (χ4n) is 3.76. The van der Waals surface area contributed by atoms with Crippen molar-refractivity contribution in [2.24, 2.45) is 22.4 Å². The summed E-state index contributed by atoms with van der Waals surface area (Å²) in [5, 5.41) is 4.11. The van der Waals surface area contributed by atoms with Gasteiger partial charge in [0.1, 0.15) is 5.75 Å². The summed E-state index contributed by atoms with van der Waals surface area (Å²) in [7, 11) is 0. The van der Waals surface area contributed by atoms with Gasteiger partial charge in [0.15, 0.2) is 6.61 Å². The summed E-state index contributed by atoms with van der Waals surface area (Å²) in [6.45, 7) is 8.58. The topological polar surface area (TPSA) is 50.7 Å². The van der Waals surface area contributed by atoms with Crippen molar-refractivity contribution in [3.8, 4) is 5.75 Å². The van der Waals surface area contributed by atoms with E-state index in [1.165, 1.54) is 12.0 Å². The first-order chi connectivity index (χ1) is 11.4. The van der Waals surface area contributed by atoms with Crippen molar-refractivity contribution in [1.82, 2.24) is 5.43 Å². The van der Waals surface area contributed by atoms with Crippen LogP contribution in [0.4, 0.5) is 0 Å². The predicted octanol–water partition coefficient (Wildman–Crippen LogP) is 3.78. The summed E-state index contributed by atoms with van der Waals surface area (Å²) in [5.74, 6) is 1.88. The van der Waals surface area contributed by atoms with Crippen LogP contribution < -0.4 is 10.2 Å². The zero-order valence-electron chi connectivity index (χ0n) is 14.9. The second-order valence-electron chi connectivity index (χ2n) is 7.60. The van der Waals surface area contributed by atoms with Gasteiger partial charge in [-0.05, 0) is 66.7 Å². The maximum absolute atomic E-state index is 11.9. The molecular weight excluding hydrogens is 300 g/mol. The van der Waals surface area contributed by atoms with Crippen LogP contribution in [0.5, 0.6) is 5.75 Å². The minimum Gasteiger partial charge on any atom is -0.483 e. The molecule has 24 heavy (non-hydrogen) atoms. The number of hydrogen-bond donors (Lipinski definition) is 1. The summed E-state index contributed by atoms with van der Waals surface area (Å²) in [5.41, 5.74) is 6.31. The van der Waals surface area contributed by atoms with Crippen molar-refractivity contribution in [3.63, 3.8) is 0 Å². The molecule has 1 saturated carbocycles. The Morgan fingerprint density at radius 2 is 2.21 bits per heavy atom. The van der Waals surface area contributed by atoms with E-state index in [0.29, 0.717) is 11.3 Å². The summed E-state index contributed by atoms with van der Waals surface area (Å²) in [4.78, 5) is 11.9. The van der Waals surface area contributed by atoms with Crippen LogP contribution in [0.15, 0.2) is 34.9 Å². The second-order valence-corrected chi connectivity index (χ2v) is 7.60.